The molecule has 0 aliphatic heterocycles. The molecule has 9 heteroatoms. The normalized spacial score (nSPS) is 13.2. The number of carbonyl (C=O) groups excluding carboxylic acids is 1. The fourth-order valence-corrected chi connectivity index (χ4v) is 8.88. The van der Waals surface area contributed by atoms with Crippen LogP contribution in [0.25, 0.3) is 0 Å². The molecule has 0 fully saturated rings. The minimum atomic E-state index is -4.27. The standard InChI is InChI=1S/C51H104NO7P/c1-3-5-7-9-11-13-15-17-19-21-22-23-24-25-26-27-29-31-33-35-37-39-41-43-46-56-48-50(49-58-60(54,55)57-47-45-52)59-51(53)44-42-40-38-36-34-32-30-28-20-18-16-14-12-10-8-6-4-2/h50H,3-49,52H2,1-2H3,(H,54,55). The summed E-state index contributed by atoms with van der Waals surface area (Å²) >= 11 is 0. The first-order chi connectivity index (χ1) is 29.4. The number of ether oxygens (including phenoxy) is 2. The van der Waals surface area contributed by atoms with Crippen LogP contribution < -0.4 is 5.73 Å². The van der Waals surface area contributed by atoms with Crippen LogP contribution in [-0.4, -0.2) is 49.9 Å². The van der Waals surface area contributed by atoms with Crippen LogP contribution >= 0.6 is 7.82 Å². The lowest BCUT2D eigenvalue weighted by Crippen LogP contribution is -2.28. The third-order valence-corrected chi connectivity index (χ3v) is 13.0. The highest BCUT2D eigenvalue weighted by Gasteiger charge is 2.25. The van der Waals surface area contributed by atoms with Crippen molar-refractivity contribution in [3.8, 4) is 0 Å². The van der Waals surface area contributed by atoms with Gasteiger partial charge in [0.25, 0.3) is 0 Å². The van der Waals surface area contributed by atoms with Crippen LogP contribution in [0.15, 0.2) is 0 Å². The van der Waals surface area contributed by atoms with Crippen molar-refractivity contribution in [3.05, 3.63) is 0 Å². The summed E-state index contributed by atoms with van der Waals surface area (Å²) < 4.78 is 33.6. The van der Waals surface area contributed by atoms with Crippen molar-refractivity contribution in [1.82, 2.24) is 0 Å². The highest BCUT2D eigenvalue weighted by Crippen LogP contribution is 2.43. The van der Waals surface area contributed by atoms with Gasteiger partial charge in [-0.2, -0.15) is 0 Å². The fourth-order valence-electron chi connectivity index (χ4n) is 8.12. The minimum absolute atomic E-state index is 0.0897. The lowest BCUT2D eigenvalue weighted by atomic mass is 10.0. The molecule has 0 aromatic heterocycles. The molecule has 0 amide bonds. The van der Waals surface area contributed by atoms with E-state index in [1.54, 1.807) is 0 Å². The summed E-state index contributed by atoms with van der Waals surface area (Å²) in [7, 11) is -4.27. The lowest BCUT2D eigenvalue weighted by molar-refractivity contribution is -0.154. The third-order valence-electron chi connectivity index (χ3n) is 12.0. The maximum atomic E-state index is 12.6. The van der Waals surface area contributed by atoms with Crippen molar-refractivity contribution in [2.24, 2.45) is 5.73 Å². The summed E-state index contributed by atoms with van der Waals surface area (Å²) in [4.78, 5) is 22.6. The van der Waals surface area contributed by atoms with E-state index in [-0.39, 0.29) is 32.3 Å². The molecule has 360 valence electrons. The molecule has 0 aliphatic rings. The molecule has 2 unspecified atom stereocenters. The Morgan fingerprint density at radius 3 is 1.05 bits per heavy atom. The maximum Gasteiger partial charge on any atom is 0.472 e. The molecule has 0 aromatic rings. The van der Waals surface area contributed by atoms with Gasteiger partial charge in [-0.05, 0) is 12.8 Å². The molecule has 3 N–H and O–H groups in total. The monoisotopic (exact) mass is 874 g/mol. The first-order valence-electron chi connectivity index (χ1n) is 26.5. The predicted octanol–water partition coefficient (Wildman–Crippen LogP) is 16.4. The predicted molar refractivity (Wildman–Crippen MR) is 257 cm³/mol. The van der Waals surface area contributed by atoms with E-state index in [4.69, 9.17) is 24.3 Å². The minimum Gasteiger partial charge on any atom is -0.457 e. The number of unbranched alkanes of at least 4 members (excludes halogenated alkanes) is 39. The molecule has 2 atom stereocenters. The van der Waals surface area contributed by atoms with Gasteiger partial charge in [-0.25, -0.2) is 4.57 Å². The van der Waals surface area contributed by atoms with Crippen LogP contribution in [-0.2, 0) is 27.9 Å². The van der Waals surface area contributed by atoms with E-state index < -0.39 is 13.9 Å². The molecule has 0 bridgehead atoms. The van der Waals surface area contributed by atoms with Crippen molar-refractivity contribution in [3.63, 3.8) is 0 Å². The molecule has 0 radical (unpaired) electrons. The second-order valence-electron chi connectivity index (χ2n) is 18.1. The average Bonchev–Trinajstić information content (AvgIpc) is 3.24. The molecule has 0 saturated heterocycles. The van der Waals surface area contributed by atoms with Gasteiger partial charge >= 0.3 is 13.8 Å². The lowest BCUT2D eigenvalue weighted by Gasteiger charge is -2.20. The van der Waals surface area contributed by atoms with E-state index in [2.05, 4.69) is 13.8 Å². The van der Waals surface area contributed by atoms with Gasteiger partial charge in [0.2, 0.25) is 0 Å². The van der Waals surface area contributed by atoms with Gasteiger partial charge in [0.05, 0.1) is 19.8 Å². The molecule has 0 heterocycles. The Hall–Kier alpha value is -0.500. The van der Waals surface area contributed by atoms with E-state index in [9.17, 15) is 14.3 Å². The number of phosphoric acid groups is 1. The second kappa shape index (κ2) is 49.5. The SMILES string of the molecule is CCCCCCCCCCCCCCCCCCCCCCCCCCOCC(COP(=O)(O)OCCN)OC(=O)CCCCCCCCCCCCCCCCCCC. The molecule has 8 nitrogen and oxygen atoms in total. The van der Waals surface area contributed by atoms with Crippen LogP contribution in [0.2, 0.25) is 0 Å². The van der Waals surface area contributed by atoms with Gasteiger partial charge < -0.3 is 20.1 Å². The van der Waals surface area contributed by atoms with Crippen molar-refractivity contribution >= 4 is 13.8 Å². The smallest absolute Gasteiger partial charge is 0.457 e. The third kappa shape index (κ3) is 48.5. The van der Waals surface area contributed by atoms with Crippen LogP contribution in [0.3, 0.4) is 0 Å². The molecule has 60 heavy (non-hydrogen) atoms. The van der Waals surface area contributed by atoms with Gasteiger partial charge in [-0.15, -0.1) is 0 Å². The summed E-state index contributed by atoms with van der Waals surface area (Å²) in [5.74, 6) is -0.321. The molecule has 0 spiro atoms. The number of hydrogen-bond acceptors (Lipinski definition) is 7. The summed E-state index contributed by atoms with van der Waals surface area (Å²) in [6, 6.07) is 0. The maximum absolute atomic E-state index is 12.6. The van der Waals surface area contributed by atoms with Crippen molar-refractivity contribution in [2.45, 2.75) is 290 Å². The first-order valence-corrected chi connectivity index (χ1v) is 28.0. The van der Waals surface area contributed by atoms with E-state index in [1.165, 1.54) is 231 Å². The van der Waals surface area contributed by atoms with Gasteiger partial charge in [-0.3, -0.25) is 13.8 Å². The Morgan fingerprint density at radius 1 is 0.433 bits per heavy atom. The second-order valence-corrected chi connectivity index (χ2v) is 19.6. The van der Waals surface area contributed by atoms with Crippen LogP contribution in [0.5, 0.6) is 0 Å². The van der Waals surface area contributed by atoms with Crippen molar-refractivity contribution in [1.29, 1.82) is 0 Å². The van der Waals surface area contributed by atoms with Crippen LogP contribution in [0.4, 0.5) is 0 Å². The first kappa shape index (κ1) is 59.5. The van der Waals surface area contributed by atoms with Gasteiger partial charge in [0, 0.05) is 19.6 Å². The summed E-state index contributed by atoms with van der Waals surface area (Å²) in [5.41, 5.74) is 5.39. The number of phosphoric ester groups is 1. The van der Waals surface area contributed by atoms with Crippen molar-refractivity contribution in [2.75, 3.05) is 33.0 Å². The molecule has 0 aromatic carbocycles. The van der Waals surface area contributed by atoms with Crippen LogP contribution in [0, 0.1) is 0 Å². The summed E-state index contributed by atoms with van der Waals surface area (Å²) in [5, 5.41) is 0. The Morgan fingerprint density at radius 2 is 0.733 bits per heavy atom. The largest absolute Gasteiger partial charge is 0.472 e. The summed E-state index contributed by atoms with van der Waals surface area (Å²) in [6.45, 7) is 5.01. The van der Waals surface area contributed by atoms with Gasteiger partial charge in [0.1, 0.15) is 6.10 Å². The van der Waals surface area contributed by atoms with Gasteiger partial charge in [-0.1, -0.05) is 264 Å². The quantitative estimate of drug-likeness (QED) is 0.0352. The van der Waals surface area contributed by atoms with E-state index in [0.29, 0.717) is 13.0 Å². The number of carbonyl (C=O) groups is 1. The Labute approximate surface area is 373 Å². The van der Waals surface area contributed by atoms with Crippen LogP contribution in [0.1, 0.15) is 284 Å². The fraction of sp³-hybridized carbons (Fsp3) is 0.980. The topological polar surface area (TPSA) is 117 Å². The molecule has 0 aliphatic carbocycles. The number of esters is 1. The zero-order valence-corrected chi connectivity index (χ0v) is 41.1. The number of rotatable bonds is 52. The van der Waals surface area contributed by atoms with E-state index in [1.807, 2.05) is 0 Å². The van der Waals surface area contributed by atoms with Crippen molar-refractivity contribution < 1.29 is 32.8 Å². The number of nitrogens with two attached hydrogens (primary N) is 1. The molecule has 0 saturated carbocycles. The zero-order valence-electron chi connectivity index (χ0n) is 40.2. The average molecular weight is 874 g/mol. The van der Waals surface area contributed by atoms with E-state index in [0.717, 1.165) is 32.1 Å². The highest BCUT2D eigenvalue weighted by atomic mass is 31.2. The Balaban J connectivity index is 3.84. The Kier molecular flexibility index (Phi) is 49.1. The summed E-state index contributed by atoms with van der Waals surface area (Å²) in [6.07, 6.45) is 54.3. The zero-order chi connectivity index (χ0) is 43.7. The van der Waals surface area contributed by atoms with Gasteiger partial charge in [0.15, 0.2) is 0 Å². The molecular formula is C51H104NO7P. The highest BCUT2D eigenvalue weighted by molar-refractivity contribution is 7.47. The van der Waals surface area contributed by atoms with E-state index >= 15 is 0 Å². The number of hydrogen-bond donors (Lipinski definition) is 2. The molecular weight excluding hydrogens is 770 g/mol. The molecule has 0 rings (SSSR count). The Bertz CT molecular complexity index is 894.